The highest BCUT2D eigenvalue weighted by Gasteiger charge is 2.56. The lowest BCUT2D eigenvalue weighted by atomic mass is 9.64. The van der Waals surface area contributed by atoms with Crippen LogP contribution in [0.25, 0.3) is 0 Å². The van der Waals surface area contributed by atoms with Gasteiger partial charge in [-0.1, -0.05) is 12.8 Å². The first-order valence-electron chi connectivity index (χ1n) is 7.55. The van der Waals surface area contributed by atoms with E-state index in [1.165, 1.54) is 25.7 Å². The first-order chi connectivity index (χ1) is 8.60. The maximum atomic E-state index is 6.48. The van der Waals surface area contributed by atoms with Crippen LogP contribution in [0.3, 0.4) is 0 Å². The molecule has 3 rings (SSSR count). The summed E-state index contributed by atoms with van der Waals surface area (Å²) in [6, 6.07) is 0. The summed E-state index contributed by atoms with van der Waals surface area (Å²) < 4.78 is 12.2. The van der Waals surface area contributed by atoms with Crippen molar-refractivity contribution in [1.29, 1.82) is 0 Å². The van der Waals surface area contributed by atoms with Gasteiger partial charge in [-0.3, -0.25) is 0 Å². The second-order valence-electron chi connectivity index (χ2n) is 6.62. The average Bonchev–Trinajstić information content (AvgIpc) is 2.79. The van der Waals surface area contributed by atoms with E-state index in [9.17, 15) is 0 Å². The predicted octanol–water partition coefficient (Wildman–Crippen LogP) is 3.90. The van der Waals surface area contributed by atoms with Crippen molar-refractivity contribution in [2.24, 2.45) is 5.41 Å². The maximum Gasteiger partial charge on any atom is 0.0663 e. The largest absolute Gasteiger partial charge is 0.375 e. The van der Waals surface area contributed by atoms with Gasteiger partial charge >= 0.3 is 0 Å². The Hall–Kier alpha value is 0.210. The van der Waals surface area contributed by atoms with Gasteiger partial charge in [0.05, 0.1) is 24.4 Å². The van der Waals surface area contributed by atoms with Crippen LogP contribution in [0, 0.1) is 5.41 Å². The Bertz CT molecular complexity index is 291. The van der Waals surface area contributed by atoms with Crippen LogP contribution in [0.1, 0.15) is 58.8 Å². The Kier molecular flexibility index (Phi) is 3.64. The first-order valence-corrected chi connectivity index (χ1v) is 7.99. The van der Waals surface area contributed by atoms with Crippen molar-refractivity contribution in [2.75, 3.05) is 0 Å². The van der Waals surface area contributed by atoms with Crippen LogP contribution in [0.5, 0.6) is 0 Å². The van der Waals surface area contributed by atoms with Crippen LogP contribution in [0.2, 0.25) is 0 Å². The quantitative estimate of drug-likeness (QED) is 0.710. The molecule has 18 heavy (non-hydrogen) atoms. The molecule has 0 amide bonds. The van der Waals surface area contributed by atoms with E-state index < -0.39 is 0 Å². The molecule has 0 aromatic carbocycles. The average molecular weight is 273 g/mol. The van der Waals surface area contributed by atoms with E-state index in [2.05, 4.69) is 13.8 Å². The fraction of sp³-hybridized carbons (Fsp3) is 1.00. The summed E-state index contributed by atoms with van der Waals surface area (Å²) in [6.45, 7) is 4.31. The molecule has 0 aromatic rings. The Labute approximate surface area is 115 Å². The molecule has 4 unspecified atom stereocenters. The van der Waals surface area contributed by atoms with Gasteiger partial charge in [-0.15, -0.1) is 11.6 Å². The highest BCUT2D eigenvalue weighted by molar-refractivity contribution is 6.21. The smallest absolute Gasteiger partial charge is 0.0663 e. The molecule has 2 nitrogen and oxygen atoms in total. The van der Waals surface area contributed by atoms with Crippen LogP contribution in [0.4, 0.5) is 0 Å². The number of alkyl halides is 1. The molecule has 1 heterocycles. The lowest BCUT2D eigenvalue weighted by molar-refractivity contribution is -0.177. The maximum absolute atomic E-state index is 6.48. The molecule has 0 radical (unpaired) electrons. The van der Waals surface area contributed by atoms with Gasteiger partial charge in [-0.2, -0.15) is 0 Å². The van der Waals surface area contributed by atoms with E-state index in [4.69, 9.17) is 21.1 Å². The fourth-order valence-corrected chi connectivity index (χ4v) is 4.77. The van der Waals surface area contributed by atoms with Crippen molar-refractivity contribution in [3.05, 3.63) is 0 Å². The zero-order valence-corrected chi connectivity index (χ0v) is 12.3. The molecule has 104 valence electrons. The normalized spacial score (nSPS) is 47.2. The van der Waals surface area contributed by atoms with Crippen molar-refractivity contribution in [1.82, 2.24) is 0 Å². The monoisotopic (exact) mass is 272 g/mol. The standard InChI is InChI=1S/C15H25ClO2/c1-10-7-12(8-11(2)17-10)18-14-9-13(16)15(14)5-3-4-6-15/h10-14H,3-9H2,1-2H3. The fourth-order valence-electron chi connectivity index (χ4n) is 4.25. The van der Waals surface area contributed by atoms with E-state index in [1.54, 1.807) is 0 Å². The SMILES string of the molecule is CC1CC(OC2CC(Cl)C23CCCC3)CC(C)O1. The van der Waals surface area contributed by atoms with Gasteiger partial charge in [0.25, 0.3) is 0 Å². The lowest BCUT2D eigenvalue weighted by Gasteiger charge is -2.53. The molecular weight excluding hydrogens is 248 g/mol. The van der Waals surface area contributed by atoms with Crippen LogP contribution >= 0.6 is 11.6 Å². The molecule has 3 aliphatic rings. The summed E-state index contributed by atoms with van der Waals surface area (Å²) >= 11 is 6.48. The first kappa shape index (κ1) is 13.2. The second kappa shape index (κ2) is 4.96. The zero-order chi connectivity index (χ0) is 12.8. The Balaban J connectivity index is 1.60. The van der Waals surface area contributed by atoms with E-state index in [1.807, 2.05) is 0 Å². The summed E-state index contributed by atoms with van der Waals surface area (Å²) in [5, 5.41) is 0.361. The molecular formula is C15H25ClO2. The van der Waals surface area contributed by atoms with Gasteiger partial charge in [0.15, 0.2) is 0 Å². The molecule has 1 spiro atoms. The molecule has 3 heteroatoms. The summed E-state index contributed by atoms with van der Waals surface area (Å²) in [5.74, 6) is 0. The van der Waals surface area contributed by atoms with E-state index in [0.717, 1.165) is 19.3 Å². The second-order valence-corrected chi connectivity index (χ2v) is 7.15. The number of halogens is 1. The summed E-state index contributed by atoms with van der Waals surface area (Å²) in [4.78, 5) is 0. The molecule has 2 aliphatic carbocycles. The molecule has 4 atom stereocenters. The minimum absolute atomic E-state index is 0.326. The lowest BCUT2D eigenvalue weighted by Crippen LogP contribution is -2.56. The third kappa shape index (κ3) is 2.21. The van der Waals surface area contributed by atoms with Crippen LogP contribution in [0.15, 0.2) is 0 Å². The van der Waals surface area contributed by atoms with Gasteiger partial charge in [0.1, 0.15) is 0 Å². The van der Waals surface area contributed by atoms with Gasteiger partial charge < -0.3 is 9.47 Å². The minimum Gasteiger partial charge on any atom is -0.375 e. The van der Waals surface area contributed by atoms with Crippen molar-refractivity contribution in [3.63, 3.8) is 0 Å². The van der Waals surface area contributed by atoms with Crippen molar-refractivity contribution in [2.45, 2.75) is 88.6 Å². The molecule has 1 aliphatic heterocycles. The highest BCUT2D eigenvalue weighted by atomic mass is 35.5. The highest BCUT2D eigenvalue weighted by Crippen LogP contribution is 2.57. The van der Waals surface area contributed by atoms with Gasteiger partial charge in [0, 0.05) is 10.8 Å². The van der Waals surface area contributed by atoms with Crippen molar-refractivity contribution >= 4 is 11.6 Å². The molecule has 0 aromatic heterocycles. The zero-order valence-electron chi connectivity index (χ0n) is 11.5. The third-order valence-corrected chi connectivity index (χ3v) is 5.84. The van der Waals surface area contributed by atoms with Crippen molar-refractivity contribution < 1.29 is 9.47 Å². The Morgan fingerprint density at radius 3 is 2.22 bits per heavy atom. The van der Waals surface area contributed by atoms with E-state index >= 15 is 0 Å². The summed E-state index contributed by atoms with van der Waals surface area (Å²) in [7, 11) is 0. The molecule has 3 fully saturated rings. The molecule has 1 saturated heterocycles. The summed E-state index contributed by atoms with van der Waals surface area (Å²) in [6.07, 6.45) is 9.86. The Morgan fingerprint density at radius 1 is 1.06 bits per heavy atom. The molecule has 2 saturated carbocycles. The number of hydrogen-bond acceptors (Lipinski definition) is 2. The van der Waals surface area contributed by atoms with Gasteiger partial charge in [-0.05, 0) is 46.0 Å². The number of ether oxygens (including phenoxy) is 2. The van der Waals surface area contributed by atoms with E-state index in [0.29, 0.717) is 35.2 Å². The van der Waals surface area contributed by atoms with Crippen molar-refractivity contribution in [3.8, 4) is 0 Å². The number of rotatable bonds is 2. The van der Waals surface area contributed by atoms with Crippen LogP contribution in [-0.4, -0.2) is 29.8 Å². The minimum atomic E-state index is 0.326. The topological polar surface area (TPSA) is 18.5 Å². The van der Waals surface area contributed by atoms with E-state index in [-0.39, 0.29) is 0 Å². The molecule has 0 bridgehead atoms. The van der Waals surface area contributed by atoms with Gasteiger partial charge in [-0.25, -0.2) is 0 Å². The molecule has 0 N–H and O–H groups in total. The predicted molar refractivity (Wildman–Crippen MR) is 73.1 cm³/mol. The summed E-state index contributed by atoms with van der Waals surface area (Å²) in [5.41, 5.74) is 0.326. The van der Waals surface area contributed by atoms with Crippen LogP contribution < -0.4 is 0 Å². The number of hydrogen-bond donors (Lipinski definition) is 0. The third-order valence-electron chi connectivity index (χ3n) is 5.23. The van der Waals surface area contributed by atoms with Crippen LogP contribution in [-0.2, 0) is 9.47 Å². The van der Waals surface area contributed by atoms with Gasteiger partial charge in [0.2, 0.25) is 0 Å². The Morgan fingerprint density at radius 2 is 1.67 bits per heavy atom.